The van der Waals surface area contributed by atoms with E-state index in [1.807, 2.05) is 20.8 Å². The molecule has 0 heterocycles. The smallest absolute Gasteiger partial charge is 0.407 e. The lowest BCUT2D eigenvalue weighted by atomic mass is 10.1. The highest BCUT2D eigenvalue weighted by Crippen LogP contribution is 2.59. The summed E-state index contributed by atoms with van der Waals surface area (Å²) in [7, 11) is 0. The third-order valence-electron chi connectivity index (χ3n) is 3.66. The largest absolute Gasteiger partial charge is 0.444 e. The van der Waals surface area contributed by atoms with Crippen LogP contribution in [0, 0.1) is 17.3 Å². The number of Topliss-reactive ketones (excluding diaryl/α,β-unsaturated/α-hetero) is 1. The number of carbonyl (C=O) groups excluding carboxylic acids is 2. The van der Waals surface area contributed by atoms with Gasteiger partial charge in [-0.15, -0.1) is 0 Å². The molecule has 1 saturated carbocycles. The summed E-state index contributed by atoms with van der Waals surface area (Å²) in [5.74, 6) is 0.965. The number of hydrogen-bond acceptors (Lipinski definition) is 3. The first kappa shape index (κ1) is 15.0. The summed E-state index contributed by atoms with van der Waals surface area (Å²) < 4.78 is 5.18. The molecule has 2 atom stereocenters. The third-order valence-corrected chi connectivity index (χ3v) is 3.66. The molecule has 0 aromatic rings. The molecular weight excluding hydrogens is 230 g/mol. The molecule has 104 valence electrons. The molecular formula is C14H25NO3. The van der Waals surface area contributed by atoms with Gasteiger partial charge in [0.15, 0.2) is 0 Å². The van der Waals surface area contributed by atoms with Crippen molar-refractivity contribution in [2.24, 2.45) is 17.3 Å². The number of rotatable bonds is 4. The predicted molar refractivity (Wildman–Crippen MR) is 70.3 cm³/mol. The third kappa shape index (κ3) is 4.00. The zero-order chi connectivity index (χ0) is 14.1. The van der Waals surface area contributed by atoms with E-state index < -0.39 is 5.60 Å². The van der Waals surface area contributed by atoms with Crippen LogP contribution in [0.2, 0.25) is 0 Å². The predicted octanol–water partition coefficient (Wildman–Crippen LogP) is 2.76. The van der Waals surface area contributed by atoms with E-state index in [-0.39, 0.29) is 17.3 Å². The van der Waals surface area contributed by atoms with Crippen molar-refractivity contribution in [2.45, 2.75) is 53.6 Å². The van der Waals surface area contributed by atoms with E-state index in [1.165, 1.54) is 0 Å². The van der Waals surface area contributed by atoms with Crippen LogP contribution in [-0.2, 0) is 9.53 Å². The maximum atomic E-state index is 11.5. The number of nitrogens with one attached hydrogen (secondary N) is 1. The highest BCUT2D eigenvalue weighted by Gasteiger charge is 2.57. The number of ether oxygens (including phenoxy) is 1. The Bertz CT molecular complexity index is 341. The Morgan fingerprint density at radius 2 is 1.78 bits per heavy atom. The van der Waals surface area contributed by atoms with Gasteiger partial charge in [-0.1, -0.05) is 13.8 Å². The lowest BCUT2D eigenvalue weighted by molar-refractivity contribution is -0.117. The molecule has 0 aromatic carbocycles. The molecule has 4 heteroatoms. The fraction of sp³-hybridized carbons (Fsp3) is 0.857. The second kappa shape index (κ2) is 4.90. The summed E-state index contributed by atoms with van der Waals surface area (Å²) in [6.45, 7) is 12.0. The quantitative estimate of drug-likeness (QED) is 0.840. The van der Waals surface area contributed by atoms with Gasteiger partial charge in [0, 0.05) is 13.0 Å². The van der Waals surface area contributed by atoms with Crippen LogP contribution in [0.15, 0.2) is 0 Å². The van der Waals surface area contributed by atoms with Crippen LogP contribution in [0.1, 0.15) is 48.0 Å². The van der Waals surface area contributed by atoms with Crippen molar-refractivity contribution < 1.29 is 14.3 Å². The van der Waals surface area contributed by atoms with E-state index in [1.54, 1.807) is 6.92 Å². The van der Waals surface area contributed by atoms with Gasteiger partial charge in [-0.3, -0.25) is 0 Å². The molecule has 1 amide bonds. The van der Waals surface area contributed by atoms with Gasteiger partial charge >= 0.3 is 6.09 Å². The standard InChI is InChI=1S/C14H25NO3/c1-9(16)7-10-11(14(10,5)6)8-15-12(17)18-13(2,3)4/h10-11H,7-8H2,1-6H3,(H,15,17)/t10-,11+/m1/s1. The van der Waals surface area contributed by atoms with E-state index >= 15 is 0 Å². The van der Waals surface area contributed by atoms with Crippen molar-refractivity contribution in [1.82, 2.24) is 5.32 Å². The van der Waals surface area contributed by atoms with Gasteiger partial charge in [0.25, 0.3) is 0 Å². The van der Waals surface area contributed by atoms with Gasteiger partial charge in [-0.25, -0.2) is 4.79 Å². The van der Waals surface area contributed by atoms with Crippen LogP contribution in [0.3, 0.4) is 0 Å². The minimum Gasteiger partial charge on any atom is -0.444 e. The zero-order valence-corrected chi connectivity index (χ0v) is 12.3. The Morgan fingerprint density at radius 3 is 2.22 bits per heavy atom. The molecule has 1 aliphatic rings. The maximum Gasteiger partial charge on any atom is 0.407 e. The van der Waals surface area contributed by atoms with Gasteiger partial charge in [0.05, 0.1) is 0 Å². The fourth-order valence-corrected chi connectivity index (χ4v) is 2.49. The Balaban J connectivity index is 2.37. The highest BCUT2D eigenvalue weighted by molar-refractivity contribution is 5.76. The molecule has 1 fully saturated rings. The van der Waals surface area contributed by atoms with Crippen molar-refractivity contribution in [3.63, 3.8) is 0 Å². The second-order valence-electron chi connectivity index (χ2n) is 6.82. The average molecular weight is 255 g/mol. The first-order valence-corrected chi connectivity index (χ1v) is 6.50. The summed E-state index contributed by atoms with van der Waals surface area (Å²) in [5.41, 5.74) is -0.331. The van der Waals surface area contributed by atoms with Crippen LogP contribution < -0.4 is 5.32 Å². The normalized spacial score (nSPS) is 25.4. The summed E-state index contributed by atoms with van der Waals surface area (Å²) in [6.07, 6.45) is 0.222. The van der Waals surface area contributed by atoms with E-state index in [0.717, 1.165) is 0 Å². The Morgan fingerprint density at radius 1 is 1.22 bits per heavy atom. The van der Waals surface area contributed by atoms with E-state index in [9.17, 15) is 9.59 Å². The minimum atomic E-state index is -0.470. The highest BCUT2D eigenvalue weighted by atomic mass is 16.6. The zero-order valence-electron chi connectivity index (χ0n) is 12.3. The van der Waals surface area contributed by atoms with Crippen molar-refractivity contribution in [1.29, 1.82) is 0 Å². The van der Waals surface area contributed by atoms with Crippen LogP contribution in [-0.4, -0.2) is 24.0 Å². The second-order valence-corrected chi connectivity index (χ2v) is 6.82. The molecule has 1 rings (SSSR count). The monoisotopic (exact) mass is 255 g/mol. The fourth-order valence-electron chi connectivity index (χ4n) is 2.49. The SMILES string of the molecule is CC(=O)C[C@@H]1[C@H](CNC(=O)OC(C)(C)C)C1(C)C. The molecule has 0 spiro atoms. The first-order valence-electron chi connectivity index (χ1n) is 6.50. The van der Waals surface area contributed by atoms with Gasteiger partial charge in [-0.05, 0) is 44.9 Å². The number of carbonyl (C=O) groups is 2. The molecule has 0 aliphatic heterocycles. The van der Waals surface area contributed by atoms with E-state index in [0.29, 0.717) is 24.8 Å². The molecule has 0 aromatic heterocycles. The number of hydrogen-bond donors (Lipinski definition) is 1. The van der Waals surface area contributed by atoms with E-state index in [4.69, 9.17) is 4.74 Å². The molecule has 0 bridgehead atoms. The molecule has 1 N–H and O–H groups in total. The van der Waals surface area contributed by atoms with Gasteiger partial charge < -0.3 is 14.8 Å². The summed E-state index contributed by atoms with van der Waals surface area (Å²) >= 11 is 0. The molecule has 4 nitrogen and oxygen atoms in total. The molecule has 1 aliphatic carbocycles. The number of ketones is 1. The molecule has 0 saturated heterocycles. The van der Waals surface area contributed by atoms with Gasteiger partial charge in [0.2, 0.25) is 0 Å². The van der Waals surface area contributed by atoms with Crippen LogP contribution >= 0.6 is 0 Å². The van der Waals surface area contributed by atoms with Crippen molar-refractivity contribution >= 4 is 11.9 Å². The summed E-state index contributed by atoms with van der Waals surface area (Å²) in [5, 5.41) is 2.79. The van der Waals surface area contributed by atoms with Gasteiger partial charge in [-0.2, -0.15) is 0 Å². The van der Waals surface area contributed by atoms with Crippen LogP contribution in [0.25, 0.3) is 0 Å². The molecule has 18 heavy (non-hydrogen) atoms. The van der Waals surface area contributed by atoms with Crippen LogP contribution in [0.5, 0.6) is 0 Å². The van der Waals surface area contributed by atoms with E-state index in [2.05, 4.69) is 19.2 Å². The van der Waals surface area contributed by atoms with Crippen molar-refractivity contribution in [3.8, 4) is 0 Å². The maximum absolute atomic E-state index is 11.5. The molecule has 0 unspecified atom stereocenters. The summed E-state index contributed by atoms with van der Waals surface area (Å²) in [6, 6.07) is 0. The lowest BCUT2D eigenvalue weighted by Crippen LogP contribution is -2.34. The Labute approximate surface area is 109 Å². The Hall–Kier alpha value is -1.06. The molecule has 0 radical (unpaired) electrons. The van der Waals surface area contributed by atoms with Crippen molar-refractivity contribution in [2.75, 3.05) is 6.54 Å². The number of alkyl carbamates (subject to hydrolysis) is 1. The van der Waals surface area contributed by atoms with Crippen molar-refractivity contribution in [3.05, 3.63) is 0 Å². The summed E-state index contributed by atoms with van der Waals surface area (Å²) in [4.78, 5) is 22.7. The average Bonchev–Trinajstić information content (AvgIpc) is 2.60. The topological polar surface area (TPSA) is 55.4 Å². The lowest BCUT2D eigenvalue weighted by Gasteiger charge is -2.19. The number of amides is 1. The van der Waals surface area contributed by atoms with Crippen LogP contribution in [0.4, 0.5) is 4.79 Å². The Kier molecular flexibility index (Phi) is 4.08. The minimum absolute atomic E-state index is 0.140. The van der Waals surface area contributed by atoms with Gasteiger partial charge in [0.1, 0.15) is 11.4 Å². The first-order chi connectivity index (χ1) is 8.04.